The predicted molar refractivity (Wildman–Crippen MR) is 236 cm³/mol. The van der Waals surface area contributed by atoms with Crippen LogP contribution in [-0.4, -0.2) is 19.5 Å². The van der Waals surface area contributed by atoms with Crippen molar-refractivity contribution in [2.24, 2.45) is 0 Å². The maximum atomic E-state index is 5.32. The van der Waals surface area contributed by atoms with Crippen molar-refractivity contribution in [1.82, 2.24) is 19.5 Å². The van der Waals surface area contributed by atoms with Gasteiger partial charge in [0.2, 0.25) is 0 Å². The van der Waals surface area contributed by atoms with Crippen LogP contribution in [0, 0.1) is 0 Å². The van der Waals surface area contributed by atoms with Crippen LogP contribution >= 0.6 is 11.3 Å². The fourth-order valence-corrected chi connectivity index (χ4v) is 10.0. The zero-order chi connectivity index (χ0) is 36.7. The lowest BCUT2D eigenvalue weighted by molar-refractivity contribution is 1.07. The Morgan fingerprint density at radius 1 is 0.357 bits per heavy atom. The molecule has 0 saturated carbocycles. The Morgan fingerprint density at radius 2 is 0.893 bits per heavy atom. The normalized spacial score (nSPS) is 11.9. The van der Waals surface area contributed by atoms with Gasteiger partial charge in [0.1, 0.15) is 0 Å². The summed E-state index contributed by atoms with van der Waals surface area (Å²) in [6, 6.07) is 64.9. The second-order valence-electron chi connectivity index (χ2n) is 14.3. The minimum atomic E-state index is 0.637. The van der Waals surface area contributed by atoms with E-state index >= 15 is 0 Å². The lowest BCUT2D eigenvalue weighted by Crippen LogP contribution is -2.02. The maximum Gasteiger partial charge on any atom is 0.164 e. The molecule has 0 radical (unpaired) electrons. The van der Waals surface area contributed by atoms with E-state index in [9.17, 15) is 0 Å². The molecule has 0 aliphatic heterocycles. The van der Waals surface area contributed by atoms with Crippen LogP contribution in [0.2, 0.25) is 0 Å². The lowest BCUT2D eigenvalue weighted by atomic mass is 9.91. The van der Waals surface area contributed by atoms with Gasteiger partial charge in [0.15, 0.2) is 17.5 Å². The minimum Gasteiger partial charge on any atom is -0.309 e. The fourth-order valence-electron chi connectivity index (χ4n) is 8.77. The highest BCUT2D eigenvalue weighted by atomic mass is 32.1. The van der Waals surface area contributed by atoms with Crippen molar-refractivity contribution >= 4 is 85.6 Å². The number of benzene rings is 9. The summed E-state index contributed by atoms with van der Waals surface area (Å²) in [4.78, 5) is 15.7. The first-order valence-corrected chi connectivity index (χ1v) is 19.7. The van der Waals surface area contributed by atoms with E-state index in [0.717, 1.165) is 38.7 Å². The number of thiophene rings is 1. The standard InChI is InChI=1S/C51H30N4S/c1-3-15-31(16-4-1)49-52-50(32-17-5-2-6-18-32)54-51(53-49)42-30-33(29-41-36-21-8-7-19-34(36)35-20-9-10-23-38(35)46(41)42)55-43-25-13-11-24-40(43)47-44(55)28-27-39-37-22-12-14-26-45(37)56-48(39)47/h1-30H. The van der Waals surface area contributed by atoms with Crippen LogP contribution in [-0.2, 0) is 0 Å². The van der Waals surface area contributed by atoms with E-state index < -0.39 is 0 Å². The number of aromatic nitrogens is 4. The molecule has 0 N–H and O–H groups in total. The van der Waals surface area contributed by atoms with Crippen molar-refractivity contribution < 1.29 is 0 Å². The monoisotopic (exact) mass is 730 g/mol. The van der Waals surface area contributed by atoms with Crippen molar-refractivity contribution in [3.8, 4) is 39.9 Å². The van der Waals surface area contributed by atoms with Crippen LogP contribution in [0.4, 0.5) is 0 Å². The summed E-state index contributed by atoms with van der Waals surface area (Å²) in [5, 5.41) is 12.2. The fraction of sp³-hybridized carbons (Fsp3) is 0. The number of para-hydroxylation sites is 1. The van der Waals surface area contributed by atoms with E-state index in [1.165, 1.54) is 58.0 Å². The summed E-state index contributed by atoms with van der Waals surface area (Å²) in [6.07, 6.45) is 0. The van der Waals surface area contributed by atoms with Crippen LogP contribution in [0.1, 0.15) is 0 Å². The van der Waals surface area contributed by atoms with Crippen LogP contribution in [0.3, 0.4) is 0 Å². The summed E-state index contributed by atoms with van der Waals surface area (Å²) in [5.74, 6) is 1.92. The molecule has 0 bridgehead atoms. The zero-order valence-electron chi connectivity index (χ0n) is 30.0. The van der Waals surface area contributed by atoms with E-state index in [1.54, 1.807) is 0 Å². The van der Waals surface area contributed by atoms with Crippen molar-refractivity contribution in [2.45, 2.75) is 0 Å². The van der Waals surface area contributed by atoms with Crippen molar-refractivity contribution in [1.29, 1.82) is 0 Å². The number of nitrogens with zero attached hydrogens (tertiary/aromatic N) is 4. The van der Waals surface area contributed by atoms with E-state index in [-0.39, 0.29) is 0 Å². The Balaban J connectivity index is 1.25. The van der Waals surface area contributed by atoms with Gasteiger partial charge in [0.25, 0.3) is 0 Å². The third kappa shape index (κ3) is 4.62. The molecule has 56 heavy (non-hydrogen) atoms. The van der Waals surface area contributed by atoms with Crippen LogP contribution in [0.5, 0.6) is 0 Å². The van der Waals surface area contributed by atoms with Crippen LogP contribution in [0.25, 0.3) is 114 Å². The Labute approximate surface area is 325 Å². The SMILES string of the molecule is c1ccc(-c2nc(-c3ccccc3)nc(-c3cc(-n4c5ccccc5c5c6sc7ccccc7c6ccc54)cc4c5ccccc5c5ccccc5c34)n2)cc1. The molecule has 0 atom stereocenters. The van der Waals surface area contributed by atoms with E-state index in [1.807, 2.05) is 47.7 Å². The Hall–Kier alpha value is -7.21. The Bertz CT molecular complexity index is 3470. The van der Waals surface area contributed by atoms with Crippen LogP contribution in [0.15, 0.2) is 182 Å². The van der Waals surface area contributed by atoms with Crippen molar-refractivity contribution in [2.75, 3.05) is 0 Å². The summed E-state index contributed by atoms with van der Waals surface area (Å²) in [7, 11) is 0. The zero-order valence-corrected chi connectivity index (χ0v) is 30.8. The molecule has 4 nitrogen and oxygen atoms in total. The third-order valence-corrected chi connectivity index (χ3v) is 12.4. The predicted octanol–water partition coefficient (Wildman–Crippen LogP) is 13.8. The molecule has 0 saturated heterocycles. The van der Waals surface area contributed by atoms with E-state index in [2.05, 4.69) is 150 Å². The number of hydrogen-bond donors (Lipinski definition) is 0. The maximum absolute atomic E-state index is 5.32. The molecule has 0 amide bonds. The van der Waals surface area contributed by atoms with Gasteiger partial charge in [-0.15, -0.1) is 11.3 Å². The average Bonchev–Trinajstić information content (AvgIpc) is 3.82. The molecule has 3 heterocycles. The van der Waals surface area contributed by atoms with Gasteiger partial charge in [-0.05, 0) is 57.3 Å². The number of fused-ring (bicyclic) bond motifs is 13. The van der Waals surface area contributed by atoms with Gasteiger partial charge in [-0.3, -0.25) is 0 Å². The van der Waals surface area contributed by atoms with Crippen molar-refractivity contribution in [3.63, 3.8) is 0 Å². The average molecular weight is 731 g/mol. The third-order valence-electron chi connectivity index (χ3n) is 11.2. The van der Waals surface area contributed by atoms with Gasteiger partial charge in [0, 0.05) is 58.7 Å². The highest BCUT2D eigenvalue weighted by molar-refractivity contribution is 7.26. The van der Waals surface area contributed by atoms with Gasteiger partial charge in [-0.2, -0.15) is 0 Å². The van der Waals surface area contributed by atoms with Gasteiger partial charge in [0.05, 0.1) is 11.0 Å². The number of rotatable bonds is 4. The molecule has 0 aliphatic carbocycles. The molecule has 12 aromatic rings. The van der Waals surface area contributed by atoms with Crippen LogP contribution < -0.4 is 0 Å². The molecule has 0 spiro atoms. The molecule has 0 fully saturated rings. The summed E-state index contributed by atoms with van der Waals surface area (Å²) in [5.41, 5.74) is 6.24. The quantitative estimate of drug-likeness (QED) is 0.169. The largest absolute Gasteiger partial charge is 0.309 e. The van der Waals surface area contributed by atoms with Gasteiger partial charge < -0.3 is 4.57 Å². The Morgan fingerprint density at radius 3 is 1.59 bits per heavy atom. The molecule has 5 heteroatoms. The minimum absolute atomic E-state index is 0.637. The van der Waals surface area contributed by atoms with Gasteiger partial charge in [-0.1, -0.05) is 152 Å². The second kappa shape index (κ2) is 12.2. The molecule has 260 valence electrons. The molecular formula is C51H30N4S. The topological polar surface area (TPSA) is 43.6 Å². The first-order valence-electron chi connectivity index (χ1n) is 18.9. The van der Waals surface area contributed by atoms with Crippen molar-refractivity contribution in [3.05, 3.63) is 182 Å². The molecular weight excluding hydrogens is 701 g/mol. The first-order chi connectivity index (χ1) is 27.8. The highest BCUT2D eigenvalue weighted by Crippen LogP contribution is 2.46. The highest BCUT2D eigenvalue weighted by Gasteiger charge is 2.22. The smallest absolute Gasteiger partial charge is 0.164 e. The molecule has 12 rings (SSSR count). The summed E-state index contributed by atoms with van der Waals surface area (Å²) < 4.78 is 5.06. The lowest BCUT2D eigenvalue weighted by Gasteiger charge is -2.18. The first kappa shape index (κ1) is 31.2. The van der Waals surface area contributed by atoms with Gasteiger partial charge >= 0.3 is 0 Å². The molecule has 3 aromatic heterocycles. The Kier molecular flexibility index (Phi) is 6.76. The molecule has 0 unspecified atom stereocenters. The van der Waals surface area contributed by atoms with Gasteiger partial charge in [-0.25, -0.2) is 15.0 Å². The molecule has 0 aliphatic rings. The molecule has 9 aromatic carbocycles. The second-order valence-corrected chi connectivity index (χ2v) is 15.4. The van der Waals surface area contributed by atoms with E-state index in [4.69, 9.17) is 15.0 Å². The summed E-state index contributed by atoms with van der Waals surface area (Å²) in [6.45, 7) is 0. The number of hydrogen-bond acceptors (Lipinski definition) is 4. The van der Waals surface area contributed by atoms with E-state index in [0.29, 0.717) is 17.5 Å². The summed E-state index contributed by atoms with van der Waals surface area (Å²) >= 11 is 1.88.